The molecule has 0 saturated carbocycles. The highest BCUT2D eigenvalue weighted by Gasteiger charge is 2.18. The first-order valence-electron chi connectivity index (χ1n) is 7.27. The molecule has 0 spiro atoms. The summed E-state index contributed by atoms with van der Waals surface area (Å²) in [5.41, 5.74) is 2.69. The van der Waals surface area contributed by atoms with Crippen LogP contribution in [0.2, 0.25) is 0 Å². The second-order valence-corrected chi connectivity index (χ2v) is 5.53. The van der Waals surface area contributed by atoms with Crippen molar-refractivity contribution in [2.24, 2.45) is 5.92 Å². The lowest BCUT2D eigenvalue weighted by atomic mass is 10.00. The fourth-order valence-electron chi connectivity index (χ4n) is 2.79. The molecule has 0 aliphatic carbocycles. The third-order valence-electron chi connectivity index (χ3n) is 4.03. The van der Waals surface area contributed by atoms with Crippen molar-refractivity contribution in [1.29, 1.82) is 0 Å². The molecule has 1 saturated heterocycles. The van der Waals surface area contributed by atoms with Gasteiger partial charge in [0.25, 0.3) is 0 Å². The summed E-state index contributed by atoms with van der Waals surface area (Å²) in [5.74, 6) is 0.664. The normalized spacial score (nSPS) is 21.1. The largest absolute Gasteiger partial charge is 0.381 e. The fraction of sp³-hybridized carbons (Fsp3) is 0.625. The average Bonchev–Trinajstić information content (AvgIpc) is 2.47. The SMILES string of the molecule is CNC(C)c1ccccc1N(C)CC1CCCOC1. The van der Waals surface area contributed by atoms with E-state index >= 15 is 0 Å². The Labute approximate surface area is 116 Å². The third-order valence-corrected chi connectivity index (χ3v) is 4.03. The Bertz CT molecular complexity index is 388. The van der Waals surface area contributed by atoms with Crippen molar-refractivity contribution < 1.29 is 4.74 Å². The quantitative estimate of drug-likeness (QED) is 0.883. The molecule has 0 amide bonds. The molecule has 1 aliphatic rings. The van der Waals surface area contributed by atoms with E-state index < -0.39 is 0 Å². The van der Waals surface area contributed by atoms with Gasteiger partial charge < -0.3 is 15.0 Å². The molecule has 2 rings (SSSR count). The highest BCUT2D eigenvalue weighted by Crippen LogP contribution is 2.26. The van der Waals surface area contributed by atoms with Crippen LogP contribution in [0.25, 0.3) is 0 Å². The van der Waals surface area contributed by atoms with E-state index in [2.05, 4.69) is 48.5 Å². The minimum Gasteiger partial charge on any atom is -0.381 e. The summed E-state index contributed by atoms with van der Waals surface area (Å²) in [5, 5.41) is 3.33. The summed E-state index contributed by atoms with van der Waals surface area (Å²) >= 11 is 0. The molecule has 106 valence electrons. The van der Waals surface area contributed by atoms with E-state index in [1.807, 2.05) is 7.05 Å². The van der Waals surface area contributed by atoms with E-state index in [4.69, 9.17) is 4.74 Å². The topological polar surface area (TPSA) is 24.5 Å². The highest BCUT2D eigenvalue weighted by molar-refractivity contribution is 5.54. The Kier molecular flexibility index (Phi) is 5.23. The standard InChI is InChI=1S/C16H26N2O/c1-13(17-2)15-8-4-5-9-16(15)18(3)11-14-7-6-10-19-12-14/h4-5,8-9,13-14,17H,6-7,10-12H2,1-3H3. The lowest BCUT2D eigenvalue weighted by Crippen LogP contribution is -2.31. The van der Waals surface area contributed by atoms with E-state index in [-0.39, 0.29) is 0 Å². The molecule has 2 unspecified atom stereocenters. The van der Waals surface area contributed by atoms with Crippen molar-refractivity contribution >= 4 is 5.69 Å². The van der Waals surface area contributed by atoms with Crippen LogP contribution < -0.4 is 10.2 Å². The Balaban J connectivity index is 2.07. The fourth-order valence-corrected chi connectivity index (χ4v) is 2.79. The van der Waals surface area contributed by atoms with Gasteiger partial charge in [-0.15, -0.1) is 0 Å². The van der Waals surface area contributed by atoms with Crippen molar-refractivity contribution in [2.75, 3.05) is 38.8 Å². The van der Waals surface area contributed by atoms with Gasteiger partial charge in [-0.25, -0.2) is 0 Å². The number of anilines is 1. The van der Waals surface area contributed by atoms with Gasteiger partial charge in [0.15, 0.2) is 0 Å². The molecule has 0 bridgehead atoms. The van der Waals surface area contributed by atoms with Crippen molar-refractivity contribution in [3.8, 4) is 0 Å². The zero-order valence-corrected chi connectivity index (χ0v) is 12.4. The summed E-state index contributed by atoms with van der Waals surface area (Å²) < 4.78 is 5.58. The first-order valence-corrected chi connectivity index (χ1v) is 7.27. The van der Waals surface area contributed by atoms with Gasteiger partial charge in [-0.3, -0.25) is 0 Å². The average molecular weight is 262 g/mol. The van der Waals surface area contributed by atoms with E-state index in [1.165, 1.54) is 24.1 Å². The zero-order valence-electron chi connectivity index (χ0n) is 12.4. The van der Waals surface area contributed by atoms with Crippen molar-refractivity contribution in [3.05, 3.63) is 29.8 Å². The number of rotatable bonds is 5. The number of para-hydroxylation sites is 1. The van der Waals surface area contributed by atoms with Crippen LogP contribution in [0.15, 0.2) is 24.3 Å². The zero-order chi connectivity index (χ0) is 13.7. The molecule has 1 aromatic carbocycles. The van der Waals surface area contributed by atoms with Crippen molar-refractivity contribution in [2.45, 2.75) is 25.8 Å². The molecular weight excluding hydrogens is 236 g/mol. The second-order valence-electron chi connectivity index (χ2n) is 5.53. The molecule has 1 fully saturated rings. The number of ether oxygens (including phenoxy) is 1. The van der Waals surface area contributed by atoms with Crippen molar-refractivity contribution in [3.63, 3.8) is 0 Å². The molecule has 0 radical (unpaired) electrons. The third kappa shape index (κ3) is 3.71. The maximum absolute atomic E-state index is 5.58. The van der Waals surface area contributed by atoms with Crippen molar-refractivity contribution in [1.82, 2.24) is 5.32 Å². The maximum Gasteiger partial charge on any atom is 0.0511 e. The van der Waals surface area contributed by atoms with E-state index in [0.29, 0.717) is 12.0 Å². The molecule has 19 heavy (non-hydrogen) atoms. The smallest absolute Gasteiger partial charge is 0.0511 e. The van der Waals surface area contributed by atoms with Crippen LogP contribution in [-0.2, 0) is 4.74 Å². The van der Waals surface area contributed by atoms with E-state index in [1.54, 1.807) is 0 Å². The first kappa shape index (κ1) is 14.4. The van der Waals surface area contributed by atoms with Gasteiger partial charge in [-0.05, 0) is 44.4 Å². The van der Waals surface area contributed by atoms with Gasteiger partial charge in [-0.1, -0.05) is 18.2 Å². The summed E-state index contributed by atoms with van der Waals surface area (Å²) in [6.07, 6.45) is 2.49. The molecule has 3 nitrogen and oxygen atoms in total. The molecule has 1 aromatic rings. The minimum atomic E-state index is 0.376. The monoisotopic (exact) mass is 262 g/mol. The second kappa shape index (κ2) is 6.92. The molecule has 2 atom stereocenters. The summed E-state index contributed by atoms with van der Waals surface area (Å²) in [4.78, 5) is 2.38. The molecule has 1 N–H and O–H groups in total. The number of hydrogen-bond acceptors (Lipinski definition) is 3. The molecule has 3 heteroatoms. The lowest BCUT2D eigenvalue weighted by molar-refractivity contribution is 0.0576. The summed E-state index contributed by atoms with van der Waals surface area (Å²) in [6, 6.07) is 9.04. The van der Waals surface area contributed by atoms with Crippen LogP contribution in [0.3, 0.4) is 0 Å². The summed E-state index contributed by atoms with van der Waals surface area (Å²) in [6.45, 7) is 5.13. The van der Waals surface area contributed by atoms with Crippen LogP contribution in [0, 0.1) is 5.92 Å². The number of nitrogens with one attached hydrogen (secondary N) is 1. The van der Waals surface area contributed by atoms with Gasteiger partial charge in [0.1, 0.15) is 0 Å². The summed E-state index contributed by atoms with van der Waals surface area (Å²) in [7, 11) is 4.20. The van der Waals surface area contributed by atoms with Crippen LogP contribution in [0.4, 0.5) is 5.69 Å². The van der Waals surface area contributed by atoms with E-state index in [0.717, 1.165) is 19.8 Å². The number of benzene rings is 1. The Morgan fingerprint density at radius 1 is 1.42 bits per heavy atom. The lowest BCUT2D eigenvalue weighted by Gasteiger charge is -2.30. The maximum atomic E-state index is 5.58. The Morgan fingerprint density at radius 2 is 2.21 bits per heavy atom. The number of nitrogens with zero attached hydrogens (tertiary/aromatic N) is 1. The van der Waals surface area contributed by atoms with Gasteiger partial charge in [0, 0.05) is 31.9 Å². The van der Waals surface area contributed by atoms with Crippen LogP contribution in [0.1, 0.15) is 31.4 Å². The van der Waals surface area contributed by atoms with Crippen LogP contribution in [0.5, 0.6) is 0 Å². The predicted octanol–water partition coefficient (Wildman–Crippen LogP) is 2.83. The van der Waals surface area contributed by atoms with E-state index in [9.17, 15) is 0 Å². The van der Waals surface area contributed by atoms with Gasteiger partial charge >= 0.3 is 0 Å². The Hall–Kier alpha value is -1.06. The number of hydrogen-bond donors (Lipinski definition) is 1. The van der Waals surface area contributed by atoms with Gasteiger partial charge in [0.2, 0.25) is 0 Å². The molecular formula is C16H26N2O. The van der Waals surface area contributed by atoms with Gasteiger partial charge in [0.05, 0.1) is 6.61 Å². The Morgan fingerprint density at radius 3 is 2.89 bits per heavy atom. The van der Waals surface area contributed by atoms with Crippen LogP contribution >= 0.6 is 0 Å². The molecule has 1 aliphatic heterocycles. The molecule has 1 heterocycles. The highest BCUT2D eigenvalue weighted by atomic mass is 16.5. The van der Waals surface area contributed by atoms with Crippen LogP contribution in [-0.4, -0.2) is 33.9 Å². The van der Waals surface area contributed by atoms with Gasteiger partial charge in [-0.2, -0.15) is 0 Å². The first-order chi connectivity index (χ1) is 9.22. The minimum absolute atomic E-state index is 0.376. The molecule has 0 aromatic heterocycles. The predicted molar refractivity (Wildman–Crippen MR) is 80.7 cm³/mol.